The first kappa shape index (κ1) is 19.4. The van der Waals surface area contributed by atoms with Crippen LogP contribution in [0.4, 0.5) is 4.39 Å². The summed E-state index contributed by atoms with van der Waals surface area (Å²) < 4.78 is 23.5. The minimum atomic E-state index is -0.359. The highest BCUT2D eigenvalue weighted by Gasteiger charge is 2.26. The van der Waals surface area contributed by atoms with Crippen LogP contribution in [0.2, 0.25) is 0 Å². The van der Waals surface area contributed by atoms with Crippen molar-refractivity contribution in [1.82, 2.24) is 24.9 Å². The van der Waals surface area contributed by atoms with E-state index in [2.05, 4.69) is 34.2 Å². The zero-order chi connectivity index (χ0) is 21.0. The smallest absolute Gasteiger partial charge is 0.274 e. The lowest BCUT2D eigenvalue weighted by molar-refractivity contribution is 0.123. The van der Waals surface area contributed by atoms with E-state index in [9.17, 15) is 4.39 Å². The molecule has 1 N–H and O–H groups in total. The number of nitrogens with zero attached hydrogens (tertiary/aromatic N) is 4. The SMILES string of the molecule is Cc1cn2nc(-c3cc(F)c4nc(OC5CC(C)NC(C)C5)sc4c3)cc(C)c2n1. The Bertz CT molecular complexity index is 1240. The number of nitrogens with one attached hydrogen (secondary N) is 1. The molecule has 2 atom stereocenters. The van der Waals surface area contributed by atoms with Crippen molar-refractivity contribution < 1.29 is 9.13 Å². The summed E-state index contributed by atoms with van der Waals surface area (Å²) in [7, 11) is 0. The minimum Gasteiger partial charge on any atom is -0.467 e. The lowest BCUT2D eigenvalue weighted by Gasteiger charge is -2.32. The molecule has 1 saturated heterocycles. The van der Waals surface area contributed by atoms with Crippen molar-refractivity contribution in [2.24, 2.45) is 0 Å². The number of ether oxygens (including phenoxy) is 1. The average molecular weight is 426 g/mol. The molecule has 0 amide bonds. The van der Waals surface area contributed by atoms with Crippen molar-refractivity contribution in [3.63, 3.8) is 0 Å². The summed E-state index contributed by atoms with van der Waals surface area (Å²) in [5.74, 6) is -0.359. The van der Waals surface area contributed by atoms with E-state index in [1.165, 1.54) is 17.4 Å². The summed E-state index contributed by atoms with van der Waals surface area (Å²) in [5, 5.41) is 8.66. The van der Waals surface area contributed by atoms with Crippen LogP contribution in [-0.4, -0.2) is 37.8 Å². The van der Waals surface area contributed by atoms with Gasteiger partial charge >= 0.3 is 0 Å². The second-order valence-corrected chi connectivity index (χ2v) is 9.32. The van der Waals surface area contributed by atoms with Crippen molar-refractivity contribution in [3.8, 4) is 16.5 Å². The first-order valence-corrected chi connectivity index (χ1v) is 11.0. The standard InChI is InChI=1S/C22H24FN5OS/c1-11-5-18(27-28-10-14(4)25-21(11)28)15-8-17(23)20-19(9-15)30-22(26-20)29-16-6-12(2)24-13(3)7-16/h5,8-10,12-13,16,24H,6-7H2,1-4H3. The third-order valence-electron chi connectivity index (χ3n) is 5.52. The van der Waals surface area contributed by atoms with Gasteiger partial charge in [0.15, 0.2) is 11.5 Å². The van der Waals surface area contributed by atoms with Gasteiger partial charge in [0.2, 0.25) is 0 Å². The Kier molecular flexibility index (Phi) is 4.71. The Labute approximate surface area is 178 Å². The minimum absolute atomic E-state index is 0.0931. The van der Waals surface area contributed by atoms with E-state index >= 15 is 0 Å². The van der Waals surface area contributed by atoms with Crippen molar-refractivity contribution in [1.29, 1.82) is 0 Å². The van der Waals surface area contributed by atoms with Gasteiger partial charge < -0.3 is 10.1 Å². The lowest BCUT2D eigenvalue weighted by atomic mass is 9.98. The number of halogens is 1. The van der Waals surface area contributed by atoms with Crippen molar-refractivity contribution in [2.75, 3.05) is 0 Å². The molecule has 30 heavy (non-hydrogen) atoms. The molecular formula is C22H24FN5OS. The number of fused-ring (bicyclic) bond motifs is 2. The van der Waals surface area contributed by atoms with Crippen LogP contribution < -0.4 is 10.1 Å². The molecule has 1 aliphatic heterocycles. The number of benzene rings is 1. The zero-order valence-electron chi connectivity index (χ0n) is 17.4. The monoisotopic (exact) mass is 425 g/mol. The third-order valence-corrected chi connectivity index (χ3v) is 6.42. The number of rotatable bonds is 3. The van der Waals surface area contributed by atoms with Crippen LogP contribution in [0.15, 0.2) is 24.4 Å². The predicted octanol–water partition coefficient (Wildman–Crippen LogP) is 4.67. The fourth-order valence-corrected chi connectivity index (χ4v) is 5.23. The van der Waals surface area contributed by atoms with Crippen molar-refractivity contribution in [3.05, 3.63) is 41.5 Å². The van der Waals surface area contributed by atoms with E-state index < -0.39 is 0 Å². The Morgan fingerprint density at radius 1 is 1.13 bits per heavy atom. The number of hydrogen-bond acceptors (Lipinski definition) is 6. The number of aryl methyl sites for hydroxylation is 2. The summed E-state index contributed by atoms with van der Waals surface area (Å²) in [5.41, 5.74) is 4.48. The maximum absolute atomic E-state index is 14.9. The van der Waals surface area contributed by atoms with Crippen LogP contribution in [-0.2, 0) is 0 Å². The van der Waals surface area contributed by atoms with E-state index in [1.807, 2.05) is 32.2 Å². The molecule has 1 aliphatic rings. The molecule has 1 fully saturated rings. The molecule has 8 heteroatoms. The molecule has 2 unspecified atom stereocenters. The van der Waals surface area contributed by atoms with Gasteiger partial charge in [-0.2, -0.15) is 10.1 Å². The van der Waals surface area contributed by atoms with Gasteiger partial charge in [0, 0.05) is 17.6 Å². The van der Waals surface area contributed by atoms with Crippen LogP contribution >= 0.6 is 11.3 Å². The second-order valence-electron chi connectivity index (χ2n) is 8.33. The summed E-state index contributed by atoms with van der Waals surface area (Å²) in [6, 6.07) is 6.17. The quantitative estimate of drug-likeness (QED) is 0.517. The maximum atomic E-state index is 14.9. The Morgan fingerprint density at radius 3 is 2.67 bits per heavy atom. The molecule has 4 aromatic rings. The topological polar surface area (TPSA) is 64.3 Å². The van der Waals surface area contributed by atoms with E-state index in [4.69, 9.17) is 4.74 Å². The summed E-state index contributed by atoms with van der Waals surface area (Å²) >= 11 is 1.39. The Morgan fingerprint density at radius 2 is 1.90 bits per heavy atom. The van der Waals surface area contributed by atoms with Gasteiger partial charge in [-0.3, -0.25) is 0 Å². The summed E-state index contributed by atoms with van der Waals surface area (Å²) in [4.78, 5) is 8.91. The number of imidazole rings is 1. The predicted molar refractivity (Wildman–Crippen MR) is 117 cm³/mol. The molecule has 3 aromatic heterocycles. The lowest BCUT2D eigenvalue weighted by Crippen LogP contribution is -2.46. The van der Waals surface area contributed by atoms with Crippen molar-refractivity contribution in [2.45, 2.75) is 58.7 Å². The second kappa shape index (κ2) is 7.28. The van der Waals surface area contributed by atoms with Crippen molar-refractivity contribution >= 4 is 27.2 Å². The normalized spacial score (nSPS) is 22.1. The maximum Gasteiger partial charge on any atom is 0.274 e. The molecule has 0 saturated carbocycles. The summed E-state index contributed by atoms with van der Waals surface area (Å²) in [6.07, 6.45) is 3.80. The number of hydrogen-bond donors (Lipinski definition) is 1. The molecular weight excluding hydrogens is 401 g/mol. The third kappa shape index (κ3) is 3.54. The molecule has 1 aromatic carbocycles. The van der Waals surface area contributed by atoms with Gasteiger partial charge in [-0.15, -0.1) is 0 Å². The molecule has 0 aliphatic carbocycles. The van der Waals surface area contributed by atoms with Gasteiger partial charge in [-0.1, -0.05) is 11.3 Å². The van der Waals surface area contributed by atoms with E-state index in [-0.39, 0.29) is 11.9 Å². The van der Waals surface area contributed by atoms with Crippen LogP contribution in [0.25, 0.3) is 27.1 Å². The molecule has 4 heterocycles. The van der Waals surface area contributed by atoms with Crippen LogP contribution in [0.3, 0.4) is 0 Å². The fourth-order valence-electron chi connectivity index (χ4n) is 4.30. The molecule has 0 spiro atoms. The molecule has 0 radical (unpaired) electrons. The van der Waals surface area contributed by atoms with Gasteiger partial charge in [0.05, 0.1) is 22.3 Å². The highest BCUT2D eigenvalue weighted by Crippen LogP contribution is 2.35. The highest BCUT2D eigenvalue weighted by molar-refractivity contribution is 7.20. The van der Waals surface area contributed by atoms with Gasteiger partial charge in [-0.05, 0) is 64.3 Å². The van der Waals surface area contributed by atoms with Gasteiger partial charge in [0.25, 0.3) is 5.19 Å². The molecule has 6 nitrogen and oxygen atoms in total. The van der Waals surface area contributed by atoms with Crippen LogP contribution in [0, 0.1) is 19.7 Å². The first-order valence-electron chi connectivity index (χ1n) is 10.2. The Hall–Kier alpha value is -2.58. The van der Waals surface area contributed by atoms with Gasteiger partial charge in [0.1, 0.15) is 11.6 Å². The van der Waals surface area contributed by atoms with Crippen LogP contribution in [0.1, 0.15) is 37.9 Å². The van der Waals surface area contributed by atoms with E-state index in [0.717, 1.165) is 40.0 Å². The van der Waals surface area contributed by atoms with Gasteiger partial charge in [-0.25, -0.2) is 13.9 Å². The van der Waals surface area contributed by atoms with E-state index in [1.54, 1.807) is 4.52 Å². The Balaban J connectivity index is 1.49. The zero-order valence-corrected chi connectivity index (χ0v) is 18.3. The number of thiazole rings is 1. The number of piperidine rings is 1. The van der Waals surface area contributed by atoms with E-state index in [0.29, 0.717) is 28.5 Å². The first-order chi connectivity index (χ1) is 14.4. The van der Waals surface area contributed by atoms with Crippen LogP contribution in [0.5, 0.6) is 5.19 Å². The highest BCUT2D eigenvalue weighted by atomic mass is 32.1. The summed E-state index contributed by atoms with van der Waals surface area (Å²) in [6.45, 7) is 8.23. The largest absolute Gasteiger partial charge is 0.467 e. The average Bonchev–Trinajstić information content (AvgIpc) is 3.23. The molecule has 5 rings (SSSR count). The molecule has 0 bridgehead atoms. The fraction of sp³-hybridized carbons (Fsp3) is 0.409. The number of aromatic nitrogens is 4. The molecule has 156 valence electrons.